The van der Waals surface area contributed by atoms with Gasteiger partial charge in [-0.05, 0) is 13.5 Å². The molecule has 1 heterocycles. The lowest BCUT2D eigenvalue weighted by atomic mass is 10.3. The second-order valence-electron chi connectivity index (χ2n) is 3.96. The second kappa shape index (κ2) is 6.53. The molecule has 0 fully saturated rings. The first-order chi connectivity index (χ1) is 8.46. The highest BCUT2D eigenvalue weighted by molar-refractivity contribution is 5.30. The number of anilines is 1. The fourth-order valence-electron chi connectivity index (χ4n) is 1.54. The third kappa shape index (κ3) is 4.87. The molecule has 0 amide bonds. The Balaban J connectivity index is 2.78. The third-order valence-corrected chi connectivity index (χ3v) is 2.22. The molecule has 1 rings (SSSR count). The molecule has 18 heavy (non-hydrogen) atoms. The summed E-state index contributed by atoms with van der Waals surface area (Å²) in [7, 11) is 1.78. The first-order valence-electron chi connectivity index (χ1n) is 5.73. The van der Waals surface area contributed by atoms with Gasteiger partial charge in [0, 0.05) is 31.0 Å². The summed E-state index contributed by atoms with van der Waals surface area (Å²) in [6, 6.07) is 0. The predicted molar refractivity (Wildman–Crippen MR) is 63.4 cm³/mol. The monoisotopic (exact) mass is 262 g/mol. The number of rotatable bonds is 6. The van der Waals surface area contributed by atoms with Crippen LogP contribution in [0.25, 0.3) is 0 Å². The molecule has 0 aliphatic rings. The maximum Gasteiger partial charge on any atom is 0.406 e. The van der Waals surface area contributed by atoms with E-state index in [9.17, 15) is 13.2 Å². The van der Waals surface area contributed by atoms with Gasteiger partial charge in [-0.15, -0.1) is 0 Å². The van der Waals surface area contributed by atoms with Crippen molar-refractivity contribution in [2.75, 3.05) is 25.0 Å². The van der Waals surface area contributed by atoms with E-state index in [1.165, 1.54) is 12.4 Å². The van der Waals surface area contributed by atoms with Gasteiger partial charge in [-0.3, -0.25) is 0 Å². The maximum atomic E-state index is 12.4. The number of hydrogen-bond donors (Lipinski definition) is 1. The second-order valence-corrected chi connectivity index (χ2v) is 3.96. The van der Waals surface area contributed by atoms with Crippen molar-refractivity contribution < 1.29 is 13.2 Å². The zero-order valence-corrected chi connectivity index (χ0v) is 10.5. The van der Waals surface area contributed by atoms with Crippen LogP contribution in [0.1, 0.15) is 18.9 Å². The van der Waals surface area contributed by atoms with Crippen molar-refractivity contribution in [1.29, 1.82) is 0 Å². The number of aromatic nitrogens is 2. The summed E-state index contributed by atoms with van der Waals surface area (Å²) in [5.41, 5.74) is 0.838. The highest BCUT2D eigenvalue weighted by Gasteiger charge is 2.31. The van der Waals surface area contributed by atoms with Gasteiger partial charge in [0.25, 0.3) is 0 Å². The fraction of sp³-hybridized carbons (Fsp3) is 0.636. The van der Waals surface area contributed by atoms with Crippen LogP contribution in [0, 0.1) is 0 Å². The van der Waals surface area contributed by atoms with E-state index < -0.39 is 12.7 Å². The SMILES string of the molecule is CCCN(CC(F)(F)F)c1ncc(CNC)cn1. The molecule has 4 nitrogen and oxygen atoms in total. The van der Waals surface area contributed by atoms with Crippen LogP contribution in [0.2, 0.25) is 0 Å². The Morgan fingerprint density at radius 2 is 1.89 bits per heavy atom. The lowest BCUT2D eigenvalue weighted by Gasteiger charge is -2.23. The van der Waals surface area contributed by atoms with Crippen LogP contribution < -0.4 is 10.2 Å². The summed E-state index contributed by atoms with van der Waals surface area (Å²) in [4.78, 5) is 9.09. The van der Waals surface area contributed by atoms with E-state index >= 15 is 0 Å². The highest BCUT2D eigenvalue weighted by Crippen LogP contribution is 2.19. The molecule has 0 bridgehead atoms. The topological polar surface area (TPSA) is 41.1 Å². The van der Waals surface area contributed by atoms with Crippen molar-refractivity contribution in [1.82, 2.24) is 15.3 Å². The van der Waals surface area contributed by atoms with Gasteiger partial charge in [-0.2, -0.15) is 13.2 Å². The smallest absolute Gasteiger partial charge is 0.332 e. The summed E-state index contributed by atoms with van der Waals surface area (Å²) in [5.74, 6) is 0.119. The van der Waals surface area contributed by atoms with Crippen LogP contribution in [0.15, 0.2) is 12.4 Å². The molecule has 0 aliphatic heterocycles. The van der Waals surface area contributed by atoms with Gasteiger partial charge in [-0.1, -0.05) is 6.92 Å². The lowest BCUT2D eigenvalue weighted by Crippen LogP contribution is -2.36. The van der Waals surface area contributed by atoms with E-state index in [4.69, 9.17) is 0 Å². The Bertz CT molecular complexity index is 350. The molecular weight excluding hydrogens is 245 g/mol. The van der Waals surface area contributed by atoms with Crippen LogP contribution >= 0.6 is 0 Å². The normalized spacial score (nSPS) is 11.6. The van der Waals surface area contributed by atoms with Gasteiger partial charge in [0.05, 0.1) is 0 Å². The number of alkyl halides is 3. The number of nitrogens with zero attached hydrogens (tertiary/aromatic N) is 3. The van der Waals surface area contributed by atoms with Crippen molar-refractivity contribution in [2.45, 2.75) is 26.1 Å². The molecule has 0 atom stereocenters. The van der Waals surface area contributed by atoms with Crippen molar-refractivity contribution in [2.24, 2.45) is 0 Å². The largest absolute Gasteiger partial charge is 0.406 e. The molecule has 0 aliphatic carbocycles. The van der Waals surface area contributed by atoms with Crippen molar-refractivity contribution in [3.8, 4) is 0 Å². The minimum Gasteiger partial charge on any atom is -0.332 e. The van der Waals surface area contributed by atoms with Crippen molar-refractivity contribution in [3.05, 3.63) is 18.0 Å². The summed E-state index contributed by atoms with van der Waals surface area (Å²) in [6.07, 6.45) is -0.560. The molecule has 0 saturated carbocycles. The van der Waals surface area contributed by atoms with E-state index in [1.807, 2.05) is 6.92 Å². The van der Waals surface area contributed by atoms with E-state index in [-0.39, 0.29) is 12.5 Å². The zero-order chi connectivity index (χ0) is 13.6. The molecule has 1 aromatic heterocycles. The fourth-order valence-corrected chi connectivity index (χ4v) is 1.54. The van der Waals surface area contributed by atoms with Gasteiger partial charge >= 0.3 is 6.18 Å². The quantitative estimate of drug-likeness (QED) is 0.851. The minimum atomic E-state index is -4.25. The van der Waals surface area contributed by atoms with E-state index in [0.717, 1.165) is 10.5 Å². The Morgan fingerprint density at radius 1 is 1.28 bits per heavy atom. The van der Waals surface area contributed by atoms with Crippen LogP contribution in [0.5, 0.6) is 0 Å². The molecule has 0 aromatic carbocycles. The summed E-state index contributed by atoms with van der Waals surface area (Å²) >= 11 is 0. The molecule has 0 radical (unpaired) electrons. The van der Waals surface area contributed by atoms with E-state index in [0.29, 0.717) is 13.0 Å². The maximum absolute atomic E-state index is 12.4. The Kier molecular flexibility index (Phi) is 5.33. The first-order valence-corrected chi connectivity index (χ1v) is 5.73. The summed E-state index contributed by atoms with van der Waals surface area (Å²) in [5, 5.41) is 2.92. The number of halogens is 3. The summed E-state index contributed by atoms with van der Waals surface area (Å²) < 4.78 is 37.2. The first kappa shape index (κ1) is 14.7. The van der Waals surface area contributed by atoms with Gasteiger partial charge in [0.1, 0.15) is 6.54 Å². The number of hydrogen-bond acceptors (Lipinski definition) is 4. The van der Waals surface area contributed by atoms with Crippen LogP contribution in [-0.4, -0.2) is 36.3 Å². The Hall–Kier alpha value is -1.37. The third-order valence-electron chi connectivity index (χ3n) is 2.22. The number of nitrogens with one attached hydrogen (secondary N) is 1. The highest BCUT2D eigenvalue weighted by atomic mass is 19.4. The lowest BCUT2D eigenvalue weighted by molar-refractivity contribution is -0.119. The molecule has 102 valence electrons. The molecular formula is C11H17F3N4. The van der Waals surface area contributed by atoms with Crippen LogP contribution in [-0.2, 0) is 6.54 Å². The molecule has 1 N–H and O–H groups in total. The average Bonchev–Trinajstić information content (AvgIpc) is 2.28. The molecule has 0 saturated heterocycles. The van der Waals surface area contributed by atoms with Crippen molar-refractivity contribution in [3.63, 3.8) is 0 Å². The Morgan fingerprint density at radius 3 is 2.33 bits per heavy atom. The minimum absolute atomic E-state index is 0.119. The Labute approximate surface area is 104 Å². The molecule has 1 aromatic rings. The van der Waals surface area contributed by atoms with Gasteiger partial charge in [0.15, 0.2) is 0 Å². The van der Waals surface area contributed by atoms with Gasteiger partial charge < -0.3 is 10.2 Å². The standard InChI is InChI=1S/C11H17F3N4/c1-3-4-18(8-11(12,13)14)10-16-6-9(5-15-2)7-17-10/h6-7,15H,3-5,8H2,1-2H3. The van der Waals surface area contributed by atoms with E-state index in [1.54, 1.807) is 7.05 Å². The van der Waals surface area contributed by atoms with Gasteiger partial charge in [0.2, 0.25) is 5.95 Å². The van der Waals surface area contributed by atoms with Gasteiger partial charge in [-0.25, -0.2) is 9.97 Å². The van der Waals surface area contributed by atoms with Crippen LogP contribution in [0.3, 0.4) is 0 Å². The molecule has 0 unspecified atom stereocenters. The summed E-state index contributed by atoms with van der Waals surface area (Å²) in [6.45, 7) is 1.67. The van der Waals surface area contributed by atoms with Crippen molar-refractivity contribution >= 4 is 5.95 Å². The predicted octanol–water partition coefficient (Wildman–Crippen LogP) is 1.97. The molecule has 7 heteroatoms. The van der Waals surface area contributed by atoms with Crippen LogP contribution in [0.4, 0.5) is 19.1 Å². The van der Waals surface area contributed by atoms with E-state index in [2.05, 4.69) is 15.3 Å². The molecule has 0 spiro atoms. The zero-order valence-electron chi connectivity index (χ0n) is 10.5. The average molecular weight is 262 g/mol.